The maximum Gasteiger partial charge on any atom is 0.290 e. The second-order valence-corrected chi connectivity index (χ2v) is 6.46. The summed E-state index contributed by atoms with van der Waals surface area (Å²) in [6, 6.07) is 14.2. The minimum Gasteiger partial charge on any atom is -0.450 e. The van der Waals surface area contributed by atoms with Gasteiger partial charge in [0, 0.05) is 11.5 Å². The Balaban J connectivity index is 2.05. The largest absolute Gasteiger partial charge is 0.450 e. The normalized spacial score (nSPS) is 16.9. The highest BCUT2D eigenvalue weighted by atomic mass is 79.9. The van der Waals surface area contributed by atoms with Crippen LogP contribution in [0.15, 0.2) is 62.2 Å². The molecule has 0 saturated heterocycles. The first kappa shape index (κ1) is 14.2. The van der Waals surface area contributed by atoms with Crippen LogP contribution in [-0.4, -0.2) is 17.9 Å². The van der Waals surface area contributed by atoms with Crippen molar-refractivity contribution in [1.82, 2.24) is 4.90 Å². The van der Waals surface area contributed by atoms with E-state index in [9.17, 15) is 9.59 Å². The molecule has 3 aromatic rings. The van der Waals surface area contributed by atoms with Crippen molar-refractivity contribution in [2.75, 3.05) is 7.05 Å². The molecular formula is C18H12BrNO3. The Bertz CT molecular complexity index is 1010. The fourth-order valence-electron chi connectivity index (χ4n) is 3.10. The summed E-state index contributed by atoms with van der Waals surface area (Å²) < 4.78 is 6.64. The zero-order chi connectivity index (χ0) is 16.1. The highest BCUT2D eigenvalue weighted by Gasteiger charge is 2.40. The quantitative estimate of drug-likeness (QED) is 0.656. The number of fused-ring (bicyclic) bond motifs is 2. The minimum absolute atomic E-state index is 0.140. The van der Waals surface area contributed by atoms with Crippen molar-refractivity contribution in [2.45, 2.75) is 6.04 Å². The summed E-state index contributed by atoms with van der Waals surface area (Å²) in [7, 11) is 1.69. The lowest BCUT2D eigenvalue weighted by Crippen LogP contribution is -2.25. The third-order valence-corrected chi connectivity index (χ3v) is 4.67. The molecule has 0 aliphatic carbocycles. The van der Waals surface area contributed by atoms with Gasteiger partial charge in [-0.15, -0.1) is 0 Å². The highest BCUT2D eigenvalue weighted by Crippen LogP contribution is 2.37. The topological polar surface area (TPSA) is 50.5 Å². The zero-order valence-corrected chi connectivity index (χ0v) is 13.8. The number of amides is 1. The number of carbonyl (C=O) groups is 1. The van der Waals surface area contributed by atoms with Gasteiger partial charge in [0.15, 0.2) is 5.43 Å². The van der Waals surface area contributed by atoms with Crippen molar-refractivity contribution < 1.29 is 9.21 Å². The molecule has 2 heterocycles. The SMILES string of the molecule is CN1C(=O)c2oc3ccccc3c(=O)c2[C@H]1c1cccc(Br)c1. The van der Waals surface area contributed by atoms with Crippen molar-refractivity contribution in [2.24, 2.45) is 0 Å². The Morgan fingerprint density at radius 3 is 2.65 bits per heavy atom. The second-order valence-electron chi connectivity index (χ2n) is 5.54. The maximum atomic E-state index is 12.9. The van der Waals surface area contributed by atoms with E-state index in [2.05, 4.69) is 15.9 Å². The summed E-state index contributed by atoms with van der Waals surface area (Å²) in [5.41, 5.74) is 1.57. The van der Waals surface area contributed by atoms with Crippen LogP contribution in [0.5, 0.6) is 0 Å². The van der Waals surface area contributed by atoms with Crippen molar-refractivity contribution in [3.05, 3.63) is 80.1 Å². The average molecular weight is 370 g/mol. The number of para-hydroxylation sites is 1. The number of hydrogen-bond acceptors (Lipinski definition) is 3. The van der Waals surface area contributed by atoms with Gasteiger partial charge in [0.2, 0.25) is 5.76 Å². The number of hydrogen-bond donors (Lipinski definition) is 0. The average Bonchev–Trinajstić information content (AvgIpc) is 2.80. The molecule has 0 unspecified atom stereocenters. The van der Waals surface area contributed by atoms with E-state index in [4.69, 9.17) is 4.42 Å². The van der Waals surface area contributed by atoms with Gasteiger partial charge in [0.25, 0.3) is 5.91 Å². The Hall–Kier alpha value is -2.40. The van der Waals surface area contributed by atoms with Gasteiger partial charge in [-0.25, -0.2) is 0 Å². The van der Waals surface area contributed by atoms with E-state index in [0.717, 1.165) is 10.0 Å². The number of carbonyl (C=O) groups excluding carboxylic acids is 1. The van der Waals surface area contributed by atoms with Gasteiger partial charge in [0.05, 0.1) is 17.0 Å². The first-order valence-corrected chi connectivity index (χ1v) is 7.95. The van der Waals surface area contributed by atoms with Crippen LogP contribution in [0.2, 0.25) is 0 Å². The molecule has 23 heavy (non-hydrogen) atoms. The van der Waals surface area contributed by atoms with Gasteiger partial charge in [-0.2, -0.15) is 0 Å². The van der Waals surface area contributed by atoms with Gasteiger partial charge in [-0.3, -0.25) is 9.59 Å². The first-order chi connectivity index (χ1) is 11.1. The van der Waals surface area contributed by atoms with E-state index in [-0.39, 0.29) is 17.1 Å². The van der Waals surface area contributed by atoms with Crippen LogP contribution in [0.25, 0.3) is 11.0 Å². The summed E-state index contributed by atoms with van der Waals surface area (Å²) in [6.07, 6.45) is 0. The predicted octanol–water partition coefficient (Wildman–Crippen LogP) is 3.73. The van der Waals surface area contributed by atoms with Crippen LogP contribution in [-0.2, 0) is 0 Å². The fraction of sp³-hybridized carbons (Fsp3) is 0.111. The third-order valence-electron chi connectivity index (χ3n) is 4.17. The minimum atomic E-state index is -0.434. The molecule has 114 valence electrons. The molecular weight excluding hydrogens is 358 g/mol. The molecule has 0 N–H and O–H groups in total. The predicted molar refractivity (Wildman–Crippen MR) is 90.6 cm³/mol. The monoisotopic (exact) mass is 369 g/mol. The van der Waals surface area contributed by atoms with Gasteiger partial charge in [-0.1, -0.05) is 40.2 Å². The highest BCUT2D eigenvalue weighted by molar-refractivity contribution is 9.10. The van der Waals surface area contributed by atoms with Crippen LogP contribution in [0.4, 0.5) is 0 Å². The van der Waals surface area contributed by atoms with E-state index in [1.807, 2.05) is 24.3 Å². The van der Waals surface area contributed by atoms with Crippen molar-refractivity contribution >= 4 is 32.8 Å². The van der Waals surface area contributed by atoms with Crippen LogP contribution in [0.3, 0.4) is 0 Å². The summed E-state index contributed by atoms with van der Waals surface area (Å²) >= 11 is 3.44. The van der Waals surface area contributed by atoms with E-state index in [0.29, 0.717) is 16.5 Å². The Labute approximate surface area is 140 Å². The lowest BCUT2D eigenvalue weighted by atomic mass is 9.99. The van der Waals surface area contributed by atoms with Crippen molar-refractivity contribution in [3.8, 4) is 0 Å². The Kier molecular flexibility index (Phi) is 3.13. The standard InChI is InChI=1S/C18H12BrNO3/c1-20-15(10-5-4-6-11(19)9-10)14-16(21)12-7-2-3-8-13(12)23-17(14)18(20)22/h2-9,15H,1H3/t15-/m1/s1. The molecule has 5 heteroatoms. The van der Waals surface area contributed by atoms with Crippen LogP contribution in [0, 0.1) is 0 Å². The molecule has 1 atom stereocenters. The molecule has 1 aliphatic heterocycles. The van der Waals surface area contributed by atoms with Crippen LogP contribution >= 0.6 is 15.9 Å². The van der Waals surface area contributed by atoms with E-state index < -0.39 is 6.04 Å². The number of nitrogens with zero attached hydrogens (tertiary/aromatic N) is 1. The number of halogens is 1. The lowest BCUT2D eigenvalue weighted by molar-refractivity contribution is 0.0771. The summed E-state index contributed by atoms with van der Waals surface area (Å²) in [4.78, 5) is 27.0. The van der Waals surface area contributed by atoms with Crippen molar-refractivity contribution in [3.63, 3.8) is 0 Å². The second kappa shape index (κ2) is 5.06. The molecule has 0 fully saturated rings. The maximum absolute atomic E-state index is 12.9. The molecule has 4 nitrogen and oxygen atoms in total. The number of rotatable bonds is 1. The fourth-order valence-corrected chi connectivity index (χ4v) is 3.52. The van der Waals surface area contributed by atoms with E-state index in [1.54, 1.807) is 36.2 Å². The number of benzene rings is 2. The molecule has 1 aromatic heterocycles. The summed E-state index contributed by atoms with van der Waals surface area (Å²) in [5.74, 6) is -0.131. The van der Waals surface area contributed by atoms with Gasteiger partial charge < -0.3 is 9.32 Å². The molecule has 0 bridgehead atoms. The van der Waals surface area contributed by atoms with E-state index >= 15 is 0 Å². The van der Waals surface area contributed by atoms with Crippen LogP contribution < -0.4 is 5.43 Å². The molecule has 4 rings (SSSR count). The van der Waals surface area contributed by atoms with Gasteiger partial charge in [-0.05, 0) is 29.8 Å². The molecule has 2 aromatic carbocycles. The Morgan fingerprint density at radius 1 is 1.09 bits per heavy atom. The molecule has 0 radical (unpaired) electrons. The van der Waals surface area contributed by atoms with Crippen LogP contribution in [0.1, 0.15) is 27.7 Å². The lowest BCUT2D eigenvalue weighted by Gasteiger charge is -2.20. The molecule has 1 amide bonds. The van der Waals surface area contributed by atoms with Gasteiger partial charge >= 0.3 is 0 Å². The summed E-state index contributed by atoms with van der Waals surface area (Å²) in [6.45, 7) is 0. The summed E-state index contributed by atoms with van der Waals surface area (Å²) in [5, 5.41) is 0.495. The Morgan fingerprint density at radius 2 is 1.87 bits per heavy atom. The molecule has 0 spiro atoms. The molecule has 0 saturated carbocycles. The zero-order valence-electron chi connectivity index (χ0n) is 12.2. The van der Waals surface area contributed by atoms with Crippen molar-refractivity contribution in [1.29, 1.82) is 0 Å². The first-order valence-electron chi connectivity index (χ1n) is 7.16. The smallest absolute Gasteiger partial charge is 0.290 e. The third kappa shape index (κ3) is 2.04. The van der Waals surface area contributed by atoms with E-state index in [1.165, 1.54) is 0 Å². The molecule has 1 aliphatic rings. The van der Waals surface area contributed by atoms with Gasteiger partial charge in [0.1, 0.15) is 5.58 Å².